The second-order valence-electron chi connectivity index (χ2n) is 4.86. The maximum Gasteiger partial charge on any atom is 0.417 e. The van der Waals surface area contributed by atoms with E-state index in [2.05, 4.69) is 4.72 Å². The molecule has 1 aromatic carbocycles. The van der Waals surface area contributed by atoms with Gasteiger partial charge in [0.15, 0.2) is 9.84 Å². The number of halogens is 4. The van der Waals surface area contributed by atoms with Crippen molar-refractivity contribution < 1.29 is 30.0 Å². The summed E-state index contributed by atoms with van der Waals surface area (Å²) >= 11 is 5.42. The van der Waals surface area contributed by atoms with E-state index in [1.165, 1.54) is 0 Å². The lowest BCUT2D eigenvalue weighted by molar-refractivity contribution is -0.137. The van der Waals surface area contributed by atoms with Crippen LogP contribution in [0.15, 0.2) is 23.1 Å². The molecule has 0 aromatic heterocycles. The minimum atomic E-state index is -4.79. The first-order chi connectivity index (χ1) is 9.91. The molecular formula is C11H11ClF3NO4S2. The van der Waals surface area contributed by atoms with E-state index in [-0.39, 0.29) is 17.9 Å². The van der Waals surface area contributed by atoms with Crippen LogP contribution in [-0.2, 0) is 26.0 Å². The van der Waals surface area contributed by atoms with Gasteiger partial charge in [-0.05, 0) is 24.6 Å². The van der Waals surface area contributed by atoms with Gasteiger partial charge in [-0.25, -0.2) is 21.6 Å². The lowest BCUT2D eigenvalue weighted by Crippen LogP contribution is -2.35. The van der Waals surface area contributed by atoms with Gasteiger partial charge in [0.25, 0.3) is 0 Å². The maximum atomic E-state index is 12.7. The molecule has 0 spiro atoms. The largest absolute Gasteiger partial charge is 0.417 e. The Morgan fingerprint density at radius 2 is 1.91 bits per heavy atom. The Morgan fingerprint density at radius 3 is 2.41 bits per heavy atom. The van der Waals surface area contributed by atoms with Crippen molar-refractivity contribution in [2.24, 2.45) is 0 Å². The Labute approximate surface area is 130 Å². The Hall–Kier alpha value is -0.840. The van der Waals surface area contributed by atoms with Gasteiger partial charge in [0, 0.05) is 6.04 Å². The molecule has 1 N–H and O–H groups in total. The average Bonchev–Trinajstić information content (AvgIpc) is 2.66. The van der Waals surface area contributed by atoms with Crippen molar-refractivity contribution in [2.75, 3.05) is 11.5 Å². The normalized spacial score (nSPS) is 21.9. The third kappa shape index (κ3) is 3.92. The summed E-state index contributed by atoms with van der Waals surface area (Å²) in [6, 6.07) is 1.35. The Morgan fingerprint density at radius 1 is 1.27 bits per heavy atom. The van der Waals surface area contributed by atoms with E-state index >= 15 is 0 Å². The van der Waals surface area contributed by atoms with Crippen LogP contribution in [0.1, 0.15) is 12.0 Å². The maximum absolute atomic E-state index is 12.7. The Kier molecular flexibility index (Phi) is 4.51. The summed E-state index contributed by atoms with van der Waals surface area (Å²) in [5.74, 6) is -0.527. The fourth-order valence-electron chi connectivity index (χ4n) is 2.06. The number of nitrogens with one attached hydrogen (secondary N) is 1. The van der Waals surface area contributed by atoms with E-state index in [0.29, 0.717) is 6.07 Å². The molecule has 1 atom stereocenters. The smallest absolute Gasteiger partial charge is 0.229 e. The molecule has 0 amide bonds. The molecule has 1 aliphatic rings. The molecule has 0 saturated carbocycles. The summed E-state index contributed by atoms with van der Waals surface area (Å²) in [6.45, 7) is 0. The van der Waals surface area contributed by atoms with Crippen molar-refractivity contribution >= 4 is 31.5 Å². The van der Waals surface area contributed by atoms with Crippen molar-refractivity contribution in [3.8, 4) is 0 Å². The third-order valence-corrected chi connectivity index (χ3v) is 6.72. The number of sulfonamides is 1. The minimum absolute atomic E-state index is 0.0846. The number of hydrogen-bond donors (Lipinski definition) is 1. The fourth-order valence-corrected chi connectivity index (χ4v) is 5.36. The average molecular weight is 378 g/mol. The molecule has 1 aromatic rings. The molecule has 1 saturated heterocycles. The summed E-state index contributed by atoms with van der Waals surface area (Å²) in [7, 11) is -7.58. The number of benzene rings is 1. The van der Waals surface area contributed by atoms with Crippen LogP contribution in [0.3, 0.4) is 0 Å². The summed E-state index contributed by atoms with van der Waals surface area (Å²) in [6.07, 6.45) is -4.71. The summed E-state index contributed by atoms with van der Waals surface area (Å²) < 4.78 is 87.1. The minimum Gasteiger partial charge on any atom is -0.229 e. The van der Waals surface area contributed by atoms with Gasteiger partial charge in [-0.1, -0.05) is 11.6 Å². The van der Waals surface area contributed by atoms with Crippen LogP contribution in [0.4, 0.5) is 13.2 Å². The van der Waals surface area contributed by atoms with Gasteiger partial charge in [-0.2, -0.15) is 13.2 Å². The van der Waals surface area contributed by atoms with Gasteiger partial charge in [0.2, 0.25) is 10.0 Å². The molecule has 0 radical (unpaired) electrons. The van der Waals surface area contributed by atoms with Crippen LogP contribution in [0.5, 0.6) is 0 Å². The highest BCUT2D eigenvalue weighted by atomic mass is 35.5. The van der Waals surface area contributed by atoms with Crippen LogP contribution < -0.4 is 4.72 Å². The summed E-state index contributed by atoms with van der Waals surface area (Å²) in [4.78, 5) is -0.617. The predicted octanol–water partition coefficient (Wildman–Crippen LogP) is 1.82. The van der Waals surface area contributed by atoms with Crippen molar-refractivity contribution in [1.82, 2.24) is 4.72 Å². The predicted molar refractivity (Wildman–Crippen MR) is 73.8 cm³/mol. The zero-order chi connectivity index (χ0) is 16.8. The molecule has 124 valence electrons. The van der Waals surface area contributed by atoms with Gasteiger partial charge in [0.1, 0.15) is 0 Å². The molecule has 22 heavy (non-hydrogen) atoms. The first kappa shape index (κ1) is 17.5. The molecule has 1 fully saturated rings. The highest BCUT2D eigenvalue weighted by Gasteiger charge is 2.36. The van der Waals surface area contributed by atoms with Crippen molar-refractivity contribution in [2.45, 2.75) is 23.5 Å². The molecule has 2 rings (SSSR count). The fraction of sp³-hybridized carbons (Fsp3) is 0.455. The molecule has 1 aliphatic heterocycles. The molecule has 1 heterocycles. The molecular weight excluding hydrogens is 367 g/mol. The van der Waals surface area contributed by atoms with Crippen molar-refractivity contribution in [3.05, 3.63) is 28.8 Å². The standard InChI is InChI=1S/C11H11ClF3NO4S2/c12-10-2-1-8(5-9(10)11(13,14)15)22(19,20)16-7-3-4-21(17,18)6-7/h1-2,5,7,16H,3-4,6H2/t7-/m0/s1. The first-order valence-corrected chi connectivity index (χ1v) is 9.68. The quantitative estimate of drug-likeness (QED) is 0.871. The summed E-state index contributed by atoms with van der Waals surface area (Å²) in [5.41, 5.74) is -1.27. The van der Waals surface area contributed by atoms with Crippen LogP contribution >= 0.6 is 11.6 Å². The van der Waals surface area contributed by atoms with E-state index in [1.807, 2.05) is 0 Å². The van der Waals surface area contributed by atoms with Gasteiger partial charge < -0.3 is 0 Å². The van der Waals surface area contributed by atoms with Crippen LogP contribution in [0.25, 0.3) is 0 Å². The van der Waals surface area contributed by atoms with Crippen LogP contribution in [0, 0.1) is 0 Å². The van der Waals surface area contributed by atoms with Crippen LogP contribution in [-0.4, -0.2) is 34.4 Å². The molecule has 5 nitrogen and oxygen atoms in total. The monoisotopic (exact) mass is 377 g/mol. The van der Waals surface area contributed by atoms with Gasteiger partial charge in [0.05, 0.1) is 27.0 Å². The number of hydrogen-bond acceptors (Lipinski definition) is 4. The van der Waals surface area contributed by atoms with E-state index in [0.717, 1.165) is 12.1 Å². The van der Waals surface area contributed by atoms with E-state index in [9.17, 15) is 30.0 Å². The van der Waals surface area contributed by atoms with Crippen molar-refractivity contribution in [1.29, 1.82) is 0 Å². The zero-order valence-electron chi connectivity index (χ0n) is 10.9. The lowest BCUT2D eigenvalue weighted by Gasteiger charge is -2.14. The first-order valence-electron chi connectivity index (χ1n) is 6.00. The highest BCUT2D eigenvalue weighted by molar-refractivity contribution is 7.92. The number of sulfone groups is 1. The number of alkyl halides is 3. The van der Waals surface area contributed by atoms with Crippen molar-refractivity contribution in [3.63, 3.8) is 0 Å². The Bertz CT molecular complexity index is 790. The van der Waals surface area contributed by atoms with Gasteiger partial charge in [-0.3, -0.25) is 0 Å². The molecule has 11 heteroatoms. The SMILES string of the molecule is O=S1(=O)CC[C@H](NS(=O)(=O)c2ccc(Cl)c(C(F)(F)F)c2)C1. The second kappa shape index (κ2) is 5.66. The van der Waals surface area contributed by atoms with E-state index in [1.54, 1.807) is 0 Å². The Balaban J connectivity index is 2.31. The molecule has 0 aliphatic carbocycles. The third-order valence-electron chi connectivity index (χ3n) is 3.11. The van der Waals surface area contributed by atoms with Crippen LogP contribution in [0.2, 0.25) is 5.02 Å². The topological polar surface area (TPSA) is 80.3 Å². The molecule has 0 bridgehead atoms. The second-order valence-corrected chi connectivity index (χ2v) is 9.21. The zero-order valence-corrected chi connectivity index (χ0v) is 13.3. The summed E-state index contributed by atoms with van der Waals surface area (Å²) in [5, 5.41) is -0.616. The lowest BCUT2D eigenvalue weighted by atomic mass is 10.2. The van der Waals surface area contributed by atoms with Gasteiger partial charge >= 0.3 is 6.18 Å². The number of rotatable bonds is 3. The molecule has 0 unspecified atom stereocenters. The highest BCUT2D eigenvalue weighted by Crippen LogP contribution is 2.36. The van der Waals surface area contributed by atoms with Gasteiger partial charge in [-0.15, -0.1) is 0 Å². The van der Waals surface area contributed by atoms with E-state index < -0.39 is 47.6 Å². The van der Waals surface area contributed by atoms with E-state index in [4.69, 9.17) is 11.6 Å².